The summed E-state index contributed by atoms with van der Waals surface area (Å²) < 4.78 is 92.7. The maximum atomic E-state index is 12.8. The molecule has 9 nitrogen and oxygen atoms in total. The van der Waals surface area contributed by atoms with Crippen LogP contribution in [0, 0.1) is 0 Å². The fraction of sp³-hybridized carbons (Fsp3) is 0.364. The Morgan fingerprint density at radius 2 is 0.660 bits per heavy atom. The van der Waals surface area contributed by atoms with Crippen molar-refractivity contribution in [2.45, 2.75) is 93.8 Å². The molecule has 0 aliphatic carbocycles. The van der Waals surface area contributed by atoms with Crippen LogP contribution in [0.4, 0.5) is 35.2 Å². The van der Waals surface area contributed by atoms with Crippen LogP contribution in [0.3, 0.4) is 0 Å². The molecular weight excluding hydrogens is 761 g/mol. The molecule has 0 unspecified atom stereocenters. The summed E-state index contributed by atoms with van der Waals surface area (Å²) in [6, 6.07) is 20.7. The molecule has 3 aromatic rings. The molecular formula is C33H39AsF6O9S. The van der Waals surface area contributed by atoms with Crippen LogP contribution in [0.25, 0.3) is 0 Å². The summed E-state index contributed by atoms with van der Waals surface area (Å²) in [5, 5.41) is 0. The van der Waals surface area contributed by atoms with Gasteiger partial charge in [0, 0.05) is 0 Å². The van der Waals surface area contributed by atoms with Crippen LogP contribution < -0.4 is 14.2 Å². The van der Waals surface area contributed by atoms with Gasteiger partial charge in [0.1, 0.15) is 27.7 Å². The van der Waals surface area contributed by atoms with Crippen molar-refractivity contribution >= 4 is 43.5 Å². The number of benzene rings is 3. The zero-order chi connectivity index (χ0) is 38.4. The quantitative estimate of drug-likeness (QED) is 0.0601. The number of hydrogen-bond acceptors (Lipinski definition) is 9. The minimum atomic E-state index is -11.1. The summed E-state index contributed by atoms with van der Waals surface area (Å²) in [6.45, 7) is 15.6. The van der Waals surface area contributed by atoms with E-state index < -0.39 is 60.3 Å². The molecule has 3 aromatic carbocycles. The van der Waals surface area contributed by atoms with Gasteiger partial charge in [0.25, 0.3) is 0 Å². The van der Waals surface area contributed by atoms with Gasteiger partial charge in [0.15, 0.2) is 17.2 Å². The van der Waals surface area contributed by atoms with Crippen LogP contribution >= 0.6 is 0 Å². The van der Waals surface area contributed by atoms with Gasteiger partial charge in [-0.15, -0.1) is 0 Å². The third-order valence-electron chi connectivity index (χ3n) is 4.96. The third-order valence-corrected chi connectivity index (χ3v) is 7.29. The Morgan fingerprint density at radius 1 is 0.460 bits per heavy atom. The first-order chi connectivity index (χ1) is 22.4. The van der Waals surface area contributed by atoms with Crippen molar-refractivity contribution in [3.63, 3.8) is 0 Å². The van der Waals surface area contributed by atoms with Crippen molar-refractivity contribution in [2.24, 2.45) is 0 Å². The first kappa shape index (κ1) is 42.1. The van der Waals surface area contributed by atoms with E-state index in [0.717, 1.165) is 0 Å². The molecule has 17 heteroatoms. The molecule has 0 aliphatic heterocycles. The number of ether oxygens (including phenoxy) is 6. The van der Waals surface area contributed by atoms with Crippen molar-refractivity contribution in [1.29, 1.82) is 0 Å². The summed E-state index contributed by atoms with van der Waals surface area (Å²) in [4.78, 5) is 39.9. The molecule has 0 aliphatic rings. The summed E-state index contributed by atoms with van der Waals surface area (Å²) >= 11 is -11.1. The van der Waals surface area contributed by atoms with E-state index in [-0.39, 0.29) is 17.2 Å². The zero-order valence-corrected chi connectivity index (χ0v) is 31.4. The Bertz CT molecular complexity index is 1500. The Labute approximate surface area is 290 Å². The molecule has 0 fully saturated rings. The van der Waals surface area contributed by atoms with Gasteiger partial charge >= 0.3 is 53.4 Å². The summed E-state index contributed by atoms with van der Waals surface area (Å²) in [5.41, 5.74) is -2.35. The molecule has 0 heterocycles. The van der Waals surface area contributed by atoms with Crippen molar-refractivity contribution in [1.82, 2.24) is 0 Å². The molecule has 0 N–H and O–H groups in total. The van der Waals surface area contributed by atoms with Gasteiger partial charge < -0.3 is 28.4 Å². The average molecular weight is 801 g/mol. The van der Waals surface area contributed by atoms with E-state index in [1.54, 1.807) is 135 Å². The molecule has 50 heavy (non-hydrogen) atoms. The molecule has 0 spiro atoms. The molecule has 0 radical (unpaired) electrons. The van der Waals surface area contributed by atoms with E-state index in [1.165, 1.54) is 0 Å². The second-order valence-corrected chi connectivity index (χ2v) is 19.3. The first-order valence-electron chi connectivity index (χ1n) is 14.7. The number of halogens is 6. The minimum absolute atomic E-state index is 0.208. The first-order valence-corrected chi connectivity index (χ1v) is 20.2. The normalized spacial score (nSPS) is 13.4. The van der Waals surface area contributed by atoms with Gasteiger partial charge in [-0.3, -0.25) is 0 Å². The maximum absolute atomic E-state index is 12.8. The van der Waals surface area contributed by atoms with Crippen LogP contribution in [0.1, 0.15) is 62.3 Å². The molecule has 0 bridgehead atoms. The fourth-order valence-corrected chi connectivity index (χ4v) is 5.83. The number of carbonyl (C=O) groups is 3. The molecule has 0 amide bonds. The van der Waals surface area contributed by atoms with Gasteiger partial charge in [-0.2, -0.15) is 0 Å². The Morgan fingerprint density at radius 3 is 0.860 bits per heavy atom. The molecule has 0 saturated heterocycles. The van der Waals surface area contributed by atoms with Crippen molar-refractivity contribution in [2.75, 3.05) is 0 Å². The van der Waals surface area contributed by atoms with Crippen LogP contribution in [0.2, 0.25) is 0 Å². The number of hydrogen-bond donors (Lipinski definition) is 0. The van der Waals surface area contributed by atoms with Crippen molar-refractivity contribution < 1.29 is 63.6 Å². The third kappa shape index (κ3) is 17.6. The molecule has 278 valence electrons. The van der Waals surface area contributed by atoms with E-state index in [4.69, 9.17) is 28.4 Å². The van der Waals surface area contributed by atoms with E-state index >= 15 is 0 Å². The van der Waals surface area contributed by atoms with E-state index in [9.17, 15) is 35.2 Å². The molecule has 0 aromatic heterocycles. The predicted molar refractivity (Wildman–Crippen MR) is 174 cm³/mol. The number of rotatable bonds is 6. The summed E-state index contributed by atoms with van der Waals surface area (Å²) in [6.07, 6.45) is -2.67. The van der Waals surface area contributed by atoms with Crippen LogP contribution in [-0.2, 0) is 25.1 Å². The molecule has 0 atom stereocenters. The van der Waals surface area contributed by atoms with Gasteiger partial charge in [-0.1, -0.05) is 36.4 Å². The predicted octanol–water partition coefficient (Wildman–Crippen LogP) is 10.9. The average Bonchev–Trinajstić information content (AvgIpc) is 2.86. The van der Waals surface area contributed by atoms with Crippen LogP contribution in [0.15, 0.2) is 87.5 Å². The van der Waals surface area contributed by atoms with E-state index in [0.29, 0.717) is 14.7 Å². The van der Waals surface area contributed by atoms with Crippen molar-refractivity contribution in [3.05, 3.63) is 72.8 Å². The zero-order valence-electron chi connectivity index (χ0n) is 28.7. The van der Waals surface area contributed by atoms with Gasteiger partial charge in [-0.25, -0.2) is 14.4 Å². The second kappa shape index (κ2) is 14.7. The van der Waals surface area contributed by atoms with Crippen LogP contribution in [-0.4, -0.2) is 49.4 Å². The monoisotopic (exact) mass is 800 g/mol. The number of para-hydroxylation sites is 3. The van der Waals surface area contributed by atoms with Crippen molar-refractivity contribution in [3.8, 4) is 17.2 Å². The topological polar surface area (TPSA) is 107 Å². The summed E-state index contributed by atoms with van der Waals surface area (Å²) in [5.74, 6) is 0.623. The van der Waals surface area contributed by atoms with Crippen LogP contribution in [0.5, 0.6) is 17.2 Å². The summed E-state index contributed by atoms with van der Waals surface area (Å²) in [7, 11) is -1.17. The van der Waals surface area contributed by atoms with E-state index in [2.05, 4.69) is 0 Å². The fourth-order valence-electron chi connectivity index (χ4n) is 3.55. The SMILES string of the molecule is CC(C)(C)OC(=O)Oc1ccccc1[S+](c1ccccc1OC(=O)OC(C)(C)C)c1ccccc1OC(=O)OC(C)(C)C.F[As-](F)(F)(F)(F)F. The Balaban J connectivity index is 0.00000112. The molecule has 3 rings (SSSR count). The Kier molecular flexibility index (Phi) is 12.4. The van der Waals surface area contributed by atoms with Gasteiger partial charge in [-0.05, 0) is 98.7 Å². The van der Waals surface area contributed by atoms with Gasteiger partial charge in [0.2, 0.25) is 14.7 Å². The number of carbonyl (C=O) groups excluding carboxylic acids is 3. The van der Waals surface area contributed by atoms with Gasteiger partial charge in [0.05, 0.1) is 0 Å². The second-order valence-electron chi connectivity index (χ2n) is 13.3. The van der Waals surface area contributed by atoms with E-state index in [1.807, 2.05) is 0 Å². The molecule has 0 saturated carbocycles. The standard InChI is InChI=1S/C33H39O9S.AsF6/c1-31(2,3)40-28(34)37-22-16-10-13-19-25(22)43(26-20-14-11-17-23(26)38-29(35)41-32(4,5)6)27-21-15-12-18-24(27)39-30(36)42-33(7,8)9;2-1(3,4,5,6)7/h10-21H,1-9H3;/q+1;-1. The Hall–Kier alpha value is -4.04.